The van der Waals surface area contributed by atoms with Gasteiger partial charge in [-0.05, 0) is 51.0 Å². The van der Waals surface area contributed by atoms with E-state index in [0.29, 0.717) is 35.7 Å². The molecule has 1 saturated heterocycles. The normalized spacial score (nSPS) is 18.8. The van der Waals surface area contributed by atoms with E-state index in [-0.39, 0.29) is 24.6 Å². The number of benzene rings is 2. The van der Waals surface area contributed by atoms with Crippen LogP contribution in [0.5, 0.6) is 17.2 Å². The SMILES string of the molecule is CC(C)(C)OC(=O)N[C@@H]1CCN(C(c2cccc(C#N)c2)c2cc3c(cc2O)OCO3)C1. The van der Waals surface area contributed by atoms with Crippen molar-refractivity contribution in [1.82, 2.24) is 10.2 Å². The zero-order valence-corrected chi connectivity index (χ0v) is 18.4. The van der Waals surface area contributed by atoms with Crippen LogP contribution in [0.3, 0.4) is 0 Å². The highest BCUT2D eigenvalue weighted by molar-refractivity contribution is 5.68. The number of ether oxygens (including phenoxy) is 3. The van der Waals surface area contributed by atoms with Crippen LogP contribution in [0.1, 0.15) is 49.9 Å². The van der Waals surface area contributed by atoms with E-state index in [1.807, 2.05) is 39.0 Å². The lowest BCUT2D eigenvalue weighted by atomic mass is 9.94. The Balaban J connectivity index is 1.63. The molecule has 168 valence electrons. The summed E-state index contributed by atoms with van der Waals surface area (Å²) < 4.78 is 16.3. The lowest BCUT2D eigenvalue weighted by Crippen LogP contribution is -2.41. The predicted molar refractivity (Wildman–Crippen MR) is 117 cm³/mol. The number of alkyl carbamates (subject to hydrolysis) is 1. The topological polar surface area (TPSA) is 104 Å². The zero-order valence-electron chi connectivity index (χ0n) is 18.4. The second-order valence-corrected chi connectivity index (χ2v) is 9.03. The highest BCUT2D eigenvalue weighted by Crippen LogP contribution is 2.44. The lowest BCUT2D eigenvalue weighted by molar-refractivity contribution is 0.0505. The molecule has 0 aromatic heterocycles. The number of carbonyl (C=O) groups excluding carboxylic acids is 1. The molecule has 0 radical (unpaired) electrons. The first-order valence-corrected chi connectivity index (χ1v) is 10.6. The number of phenolic OH excluding ortho intramolecular Hbond substituents is 1. The molecule has 8 nitrogen and oxygen atoms in total. The number of amides is 1. The number of rotatable bonds is 4. The van der Waals surface area contributed by atoms with Crippen molar-refractivity contribution in [2.45, 2.75) is 44.9 Å². The number of hydrogen-bond acceptors (Lipinski definition) is 7. The number of nitrogens with one attached hydrogen (secondary N) is 1. The van der Waals surface area contributed by atoms with Crippen LogP contribution in [-0.2, 0) is 4.74 Å². The number of aromatic hydroxyl groups is 1. The standard InChI is InChI=1S/C24H27N3O5/c1-24(2,3)32-23(29)26-17-7-8-27(13-17)22(16-6-4-5-15(9-16)12-25)18-10-20-21(11-19(18)28)31-14-30-20/h4-6,9-11,17,22,28H,7-8,13-14H2,1-3H3,(H,26,29)/t17-,22?/m1/s1. The second-order valence-electron chi connectivity index (χ2n) is 9.03. The summed E-state index contributed by atoms with van der Waals surface area (Å²) in [6, 6.07) is 12.4. The molecule has 0 bridgehead atoms. The third kappa shape index (κ3) is 4.73. The third-order valence-corrected chi connectivity index (χ3v) is 5.45. The van der Waals surface area contributed by atoms with Gasteiger partial charge in [-0.2, -0.15) is 5.26 Å². The summed E-state index contributed by atoms with van der Waals surface area (Å²) in [4.78, 5) is 14.4. The fourth-order valence-corrected chi connectivity index (χ4v) is 4.15. The molecule has 0 aliphatic carbocycles. The molecule has 2 aromatic rings. The maximum absolute atomic E-state index is 12.2. The summed E-state index contributed by atoms with van der Waals surface area (Å²) in [6.45, 7) is 6.85. The van der Waals surface area contributed by atoms with Gasteiger partial charge >= 0.3 is 6.09 Å². The molecule has 2 aromatic carbocycles. The molecule has 2 aliphatic rings. The van der Waals surface area contributed by atoms with Gasteiger partial charge < -0.3 is 24.6 Å². The molecule has 2 aliphatic heterocycles. The number of nitriles is 1. The molecular formula is C24H27N3O5. The van der Waals surface area contributed by atoms with Crippen molar-refractivity contribution in [3.8, 4) is 23.3 Å². The van der Waals surface area contributed by atoms with Gasteiger partial charge in [0.25, 0.3) is 0 Å². The van der Waals surface area contributed by atoms with Gasteiger partial charge in [0.15, 0.2) is 11.5 Å². The maximum Gasteiger partial charge on any atom is 0.407 e. The lowest BCUT2D eigenvalue weighted by Gasteiger charge is -2.30. The zero-order chi connectivity index (χ0) is 22.9. The van der Waals surface area contributed by atoms with E-state index < -0.39 is 11.7 Å². The van der Waals surface area contributed by atoms with Crippen molar-refractivity contribution in [1.29, 1.82) is 5.26 Å². The molecule has 2 N–H and O–H groups in total. The van der Waals surface area contributed by atoms with Crippen LogP contribution in [0.2, 0.25) is 0 Å². The van der Waals surface area contributed by atoms with Gasteiger partial charge in [-0.25, -0.2) is 4.79 Å². The van der Waals surface area contributed by atoms with E-state index in [1.165, 1.54) is 0 Å². The molecule has 32 heavy (non-hydrogen) atoms. The molecule has 0 saturated carbocycles. The average Bonchev–Trinajstić information content (AvgIpc) is 3.36. The Morgan fingerprint density at radius 1 is 1.28 bits per heavy atom. The summed E-state index contributed by atoms with van der Waals surface area (Å²) in [6.07, 6.45) is 0.289. The molecule has 1 fully saturated rings. The van der Waals surface area contributed by atoms with Crippen LogP contribution in [0, 0.1) is 11.3 Å². The second kappa shape index (κ2) is 8.60. The van der Waals surface area contributed by atoms with Crippen LogP contribution < -0.4 is 14.8 Å². The first kappa shape index (κ1) is 21.8. The largest absolute Gasteiger partial charge is 0.507 e. The molecule has 1 unspecified atom stereocenters. The van der Waals surface area contributed by atoms with Gasteiger partial charge in [-0.3, -0.25) is 4.90 Å². The Hall–Kier alpha value is -3.44. The van der Waals surface area contributed by atoms with Crippen molar-refractivity contribution in [3.05, 3.63) is 53.1 Å². The van der Waals surface area contributed by atoms with Gasteiger partial charge in [-0.1, -0.05) is 12.1 Å². The van der Waals surface area contributed by atoms with Crippen molar-refractivity contribution >= 4 is 6.09 Å². The van der Waals surface area contributed by atoms with E-state index in [2.05, 4.69) is 16.3 Å². The number of hydrogen-bond donors (Lipinski definition) is 2. The van der Waals surface area contributed by atoms with Crippen LogP contribution in [-0.4, -0.2) is 47.6 Å². The number of phenols is 1. The first-order valence-electron chi connectivity index (χ1n) is 10.6. The minimum Gasteiger partial charge on any atom is -0.507 e. The van der Waals surface area contributed by atoms with Crippen LogP contribution in [0.25, 0.3) is 0 Å². The Bertz CT molecular complexity index is 1060. The van der Waals surface area contributed by atoms with E-state index in [1.54, 1.807) is 18.2 Å². The molecule has 2 atom stereocenters. The van der Waals surface area contributed by atoms with Gasteiger partial charge in [0.1, 0.15) is 11.4 Å². The molecular weight excluding hydrogens is 410 g/mol. The molecule has 1 amide bonds. The molecule has 8 heteroatoms. The van der Waals surface area contributed by atoms with Crippen LogP contribution >= 0.6 is 0 Å². The maximum atomic E-state index is 12.2. The monoisotopic (exact) mass is 437 g/mol. The minimum atomic E-state index is -0.569. The number of likely N-dealkylation sites (tertiary alicyclic amines) is 1. The molecule has 4 rings (SSSR count). The number of fused-ring (bicyclic) bond motifs is 1. The van der Waals surface area contributed by atoms with E-state index in [9.17, 15) is 15.2 Å². The Labute approximate surface area is 187 Å². The molecule has 2 heterocycles. The van der Waals surface area contributed by atoms with E-state index in [4.69, 9.17) is 14.2 Å². The highest BCUT2D eigenvalue weighted by Gasteiger charge is 2.34. The third-order valence-electron chi connectivity index (χ3n) is 5.45. The quantitative estimate of drug-likeness (QED) is 0.752. The van der Waals surface area contributed by atoms with Crippen molar-refractivity contribution in [2.24, 2.45) is 0 Å². The van der Waals surface area contributed by atoms with Crippen molar-refractivity contribution < 1.29 is 24.1 Å². The fraction of sp³-hybridized carbons (Fsp3) is 0.417. The molecule has 0 spiro atoms. The summed E-state index contributed by atoms with van der Waals surface area (Å²) in [5, 5.41) is 23.1. The van der Waals surface area contributed by atoms with Crippen LogP contribution in [0.15, 0.2) is 36.4 Å². The van der Waals surface area contributed by atoms with Gasteiger partial charge in [0.05, 0.1) is 17.7 Å². The highest BCUT2D eigenvalue weighted by atomic mass is 16.7. The van der Waals surface area contributed by atoms with E-state index in [0.717, 1.165) is 12.0 Å². The van der Waals surface area contributed by atoms with Crippen molar-refractivity contribution in [3.63, 3.8) is 0 Å². The fourth-order valence-electron chi connectivity index (χ4n) is 4.15. The van der Waals surface area contributed by atoms with E-state index >= 15 is 0 Å². The predicted octanol–water partition coefficient (Wildman–Crippen LogP) is 3.68. The summed E-state index contributed by atoms with van der Waals surface area (Å²) in [5.74, 6) is 1.16. The average molecular weight is 437 g/mol. The number of nitrogens with zero attached hydrogens (tertiary/aromatic N) is 2. The van der Waals surface area contributed by atoms with Gasteiger partial charge in [0.2, 0.25) is 6.79 Å². The summed E-state index contributed by atoms with van der Waals surface area (Å²) >= 11 is 0. The summed E-state index contributed by atoms with van der Waals surface area (Å²) in [5.41, 5.74) is 1.50. The van der Waals surface area contributed by atoms with Crippen molar-refractivity contribution in [2.75, 3.05) is 19.9 Å². The first-order chi connectivity index (χ1) is 15.2. The number of carbonyl (C=O) groups is 1. The summed E-state index contributed by atoms with van der Waals surface area (Å²) in [7, 11) is 0. The minimum absolute atomic E-state index is 0.0881. The van der Waals surface area contributed by atoms with Gasteiger partial charge in [-0.15, -0.1) is 0 Å². The smallest absolute Gasteiger partial charge is 0.407 e. The Kier molecular flexibility index (Phi) is 5.85. The Morgan fingerprint density at radius 3 is 2.75 bits per heavy atom. The van der Waals surface area contributed by atoms with Crippen LogP contribution in [0.4, 0.5) is 4.79 Å². The van der Waals surface area contributed by atoms with Gasteiger partial charge in [0, 0.05) is 30.8 Å². The Morgan fingerprint density at radius 2 is 2.03 bits per heavy atom.